The van der Waals surface area contributed by atoms with Crippen LogP contribution in [-0.2, 0) is 6.54 Å². The van der Waals surface area contributed by atoms with Crippen LogP contribution in [0.2, 0.25) is 5.02 Å². The zero-order chi connectivity index (χ0) is 13.1. The number of ether oxygens (including phenoxy) is 2. The van der Waals surface area contributed by atoms with Crippen LogP contribution in [0.25, 0.3) is 0 Å². The molecule has 2 aromatic rings. The van der Waals surface area contributed by atoms with E-state index in [1.807, 2.05) is 42.5 Å². The molecule has 0 spiro atoms. The van der Waals surface area contributed by atoms with Gasteiger partial charge >= 0.3 is 0 Å². The maximum absolute atomic E-state index is 5.96. The number of nitrogens with one attached hydrogen (secondary N) is 1. The quantitative estimate of drug-likeness (QED) is 0.926. The Morgan fingerprint density at radius 2 is 1.84 bits per heavy atom. The Morgan fingerprint density at radius 3 is 2.68 bits per heavy atom. The maximum Gasteiger partial charge on any atom is 0.163 e. The normalized spacial score (nSPS) is 13.1. The molecule has 0 saturated carbocycles. The zero-order valence-electron chi connectivity index (χ0n) is 10.4. The fraction of sp³-hybridized carbons (Fsp3) is 0.200. The summed E-state index contributed by atoms with van der Waals surface area (Å²) in [5.74, 6) is 1.60. The second kappa shape index (κ2) is 5.41. The lowest BCUT2D eigenvalue weighted by Crippen LogP contribution is -2.15. The van der Waals surface area contributed by atoms with Gasteiger partial charge in [0.25, 0.3) is 0 Å². The first-order chi connectivity index (χ1) is 9.31. The van der Waals surface area contributed by atoms with E-state index < -0.39 is 0 Å². The van der Waals surface area contributed by atoms with E-state index in [1.165, 1.54) is 0 Å². The molecule has 0 saturated heterocycles. The highest BCUT2D eigenvalue weighted by Gasteiger charge is 2.11. The molecule has 1 N–H and O–H groups in total. The van der Waals surface area contributed by atoms with Crippen molar-refractivity contribution in [1.82, 2.24) is 0 Å². The van der Waals surface area contributed by atoms with Crippen molar-refractivity contribution in [3.05, 3.63) is 53.1 Å². The summed E-state index contributed by atoms with van der Waals surface area (Å²) in [7, 11) is 0. The summed E-state index contributed by atoms with van der Waals surface area (Å²) < 4.78 is 11.0. The smallest absolute Gasteiger partial charge is 0.163 e. The number of fused-ring (bicyclic) bond motifs is 1. The Kier molecular flexibility index (Phi) is 3.47. The second-order valence-electron chi connectivity index (χ2n) is 4.34. The summed E-state index contributed by atoms with van der Waals surface area (Å²) >= 11 is 5.96. The van der Waals surface area contributed by atoms with Crippen molar-refractivity contribution in [3.8, 4) is 11.5 Å². The molecular formula is C15H14ClNO2. The SMILES string of the molecule is Clc1cccc(CNc2ccc3c(c2)OCCO3)c1. The highest BCUT2D eigenvalue weighted by Crippen LogP contribution is 2.32. The molecule has 0 aromatic heterocycles. The van der Waals surface area contributed by atoms with E-state index in [0.29, 0.717) is 13.2 Å². The first-order valence-electron chi connectivity index (χ1n) is 6.19. The van der Waals surface area contributed by atoms with Crippen LogP contribution in [0.5, 0.6) is 11.5 Å². The number of hydrogen-bond acceptors (Lipinski definition) is 3. The van der Waals surface area contributed by atoms with Crippen LogP contribution in [0.15, 0.2) is 42.5 Å². The first-order valence-corrected chi connectivity index (χ1v) is 6.57. The van der Waals surface area contributed by atoms with Crippen LogP contribution >= 0.6 is 11.6 Å². The molecule has 0 fully saturated rings. The van der Waals surface area contributed by atoms with Gasteiger partial charge in [0.15, 0.2) is 11.5 Å². The second-order valence-corrected chi connectivity index (χ2v) is 4.78. The molecule has 2 aromatic carbocycles. The molecule has 0 radical (unpaired) electrons. The van der Waals surface area contributed by atoms with Gasteiger partial charge in [0.1, 0.15) is 13.2 Å². The van der Waals surface area contributed by atoms with Gasteiger partial charge in [-0.15, -0.1) is 0 Å². The summed E-state index contributed by atoms with van der Waals surface area (Å²) in [6.45, 7) is 1.94. The number of halogens is 1. The Morgan fingerprint density at radius 1 is 1.00 bits per heavy atom. The highest BCUT2D eigenvalue weighted by atomic mass is 35.5. The fourth-order valence-electron chi connectivity index (χ4n) is 2.00. The summed E-state index contributed by atoms with van der Waals surface area (Å²) in [6, 6.07) is 13.7. The molecule has 1 heterocycles. The van der Waals surface area contributed by atoms with Gasteiger partial charge in [-0.1, -0.05) is 23.7 Å². The van der Waals surface area contributed by atoms with E-state index in [2.05, 4.69) is 5.32 Å². The molecule has 3 rings (SSSR count). The van der Waals surface area contributed by atoms with Crippen molar-refractivity contribution in [3.63, 3.8) is 0 Å². The lowest BCUT2D eigenvalue weighted by atomic mass is 10.2. The Hall–Kier alpha value is -1.87. The number of rotatable bonds is 3. The van der Waals surface area contributed by atoms with Gasteiger partial charge in [-0.2, -0.15) is 0 Å². The van der Waals surface area contributed by atoms with E-state index in [-0.39, 0.29) is 0 Å². The van der Waals surface area contributed by atoms with E-state index in [4.69, 9.17) is 21.1 Å². The summed E-state index contributed by atoms with van der Waals surface area (Å²) in [5, 5.41) is 4.10. The third-order valence-electron chi connectivity index (χ3n) is 2.93. The fourth-order valence-corrected chi connectivity index (χ4v) is 2.22. The van der Waals surface area contributed by atoms with E-state index in [0.717, 1.165) is 34.3 Å². The van der Waals surface area contributed by atoms with E-state index in [9.17, 15) is 0 Å². The minimum atomic E-state index is 0.602. The van der Waals surface area contributed by atoms with Gasteiger partial charge in [-0.05, 0) is 29.8 Å². The monoisotopic (exact) mass is 275 g/mol. The third-order valence-corrected chi connectivity index (χ3v) is 3.16. The van der Waals surface area contributed by atoms with E-state index >= 15 is 0 Å². The summed E-state index contributed by atoms with van der Waals surface area (Å²) in [5.41, 5.74) is 2.15. The zero-order valence-corrected chi connectivity index (χ0v) is 11.1. The molecule has 0 amide bonds. The summed E-state index contributed by atoms with van der Waals surface area (Å²) in [6.07, 6.45) is 0. The molecular weight excluding hydrogens is 262 g/mol. The van der Waals surface area contributed by atoms with Crippen LogP contribution < -0.4 is 14.8 Å². The van der Waals surface area contributed by atoms with Crippen LogP contribution in [0.1, 0.15) is 5.56 Å². The van der Waals surface area contributed by atoms with Crippen molar-refractivity contribution >= 4 is 17.3 Å². The molecule has 98 valence electrons. The van der Waals surface area contributed by atoms with Crippen LogP contribution in [0.3, 0.4) is 0 Å². The standard InChI is InChI=1S/C15H14ClNO2/c16-12-3-1-2-11(8-12)10-17-13-4-5-14-15(9-13)19-7-6-18-14/h1-5,8-9,17H,6-7,10H2. The molecule has 0 bridgehead atoms. The summed E-state index contributed by atoms with van der Waals surface area (Å²) in [4.78, 5) is 0. The van der Waals surface area contributed by atoms with Gasteiger partial charge in [-0.3, -0.25) is 0 Å². The lowest BCUT2D eigenvalue weighted by Gasteiger charge is -2.19. The van der Waals surface area contributed by atoms with Crippen molar-refractivity contribution in [2.45, 2.75) is 6.54 Å². The minimum Gasteiger partial charge on any atom is -0.486 e. The predicted molar refractivity (Wildman–Crippen MR) is 76.2 cm³/mol. The minimum absolute atomic E-state index is 0.602. The Labute approximate surface area is 117 Å². The van der Waals surface area contributed by atoms with Gasteiger partial charge in [0, 0.05) is 23.3 Å². The average molecular weight is 276 g/mol. The highest BCUT2D eigenvalue weighted by molar-refractivity contribution is 6.30. The predicted octanol–water partition coefficient (Wildman–Crippen LogP) is 3.72. The largest absolute Gasteiger partial charge is 0.486 e. The van der Waals surface area contributed by atoms with E-state index in [1.54, 1.807) is 0 Å². The lowest BCUT2D eigenvalue weighted by molar-refractivity contribution is 0.171. The number of benzene rings is 2. The molecule has 0 aliphatic carbocycles. The molecule has 1 aliphatic heterocycles. The van der Waals surface area contributed by atoms with Crippen LogP contribution in [0.4, 0.5) is 5.69 Å². The molecule has 19 heavy (non-hydrogen) atoms. The van der Waals surface area contributed by atoms with Gasteiger partial charge in [0.05, 0.1) is 0 Å². The molecule has 0 atom stereocenters. The Balaban J connectivity index is 1.70. The van der Waals surface area contributed by atoms with Crippen molar-refractivity contribution in [2.75, 3.05) is 18.5 Å². The van der Waals surface area contributed by atoms with Gasteiger partial charge in [0.2, 0.25) is 0 Å². The molecule has 4 heteroatoms. The number of anilines is 1. The molecule has 1 aliphatic rings. The van der Waals surface area contributed by atoms with Gasteiger partial charge < -0.3 is 14.8 Å². The van der Waals surface area contributed by atoms with Crippen molar-refractivity contribution < 1.29 is 9.47 Å². The maximum atomic E-state index is 5.96. The third kappa shape index (κ3) is 2.93. The average Bonchev–Trinajstić information content (AvgIpc) is 2.45. The van der Waals surface area contributed by atoms with Gasteiger partial charge in [-0.25, -0.2) is 0 Å². The van der Waals surface area contributed by atoms with Crippen LogP contribution in [0, 0.1) is 0 Å². The topological polar surface area (TPSA) is 30.5 Å². The number of hydrogen-bond donors (Lipinski definition) is 1. The Bertz CT molecular complexity index is 586. The first kappa shape index (κ1) is 12.2. The van der Waals surface area contributed by atoms with Crippen LogP contribution in [-0.4, -0.2) is 13.2 Å². The molecule has 0 unspecified atom stereocenters. The van der Waals surface area contributed by atoms with Crippen molar-refractivity contribution in [1.29, 1.82) is 0 Å². The molecule has 3 nitrogen and oxygen atoms in total. The van der Waals surface area contributed by atoms with Crippen molar-refractivity contribution in [2.24, 2.45) is 0 Å².